The van der Waals surface area contributed by atoms with E-state index in [1.54, 1.807) is 42.5 Å². The Balaban J connectivity index is 1.71. The molecule has 5 heteroatoms. The minimum absolute atomic E-state index is 0.0360. The third-order valence-corrected chi connectivity index (χ3v) is 6.24. The molecule has 0 saturated heterocycles. The van der Waals surface area contributed by atoms with Gasteiger partial charge in [0.1, 0.15) is 0 Å². The average molecular weight is 448 g/mol. The number of fused-ring (bicyclic) bond motifs is 1. The van der Waals surface area contributed by atoms with Crippen LogP contribution in [0.25, 0.3) is 22.0 Å². The van der Waals surface area contributed by atoms with Crippen molar-refractivity contribution < 1.29 is 4.79 Å². The lowest BCUT2D eigenvalue weighted by molar-refractivity contribution is 0.103. The highest BCUT2D eigenvalue weighted by Crippen LogP contribution is 2.34. The van der Waals surface area contributed by atoms with E-state index >= 15 is 0 Å². The van der Waals surface area contributed by atoms with Crippen LogP contribution in [0, 0.1) is 5.92 Å². The zero-order chi connectivity index (χ0) is 21.5. The topological polar surface area (TPSA) is 39.1 Å². The summed E-state index contributed by atoms with van der Waals surface area (Å²) in [7, 11) is 0. The SMILES string of the molecule is O=C(c1ccc(Cl)cc1)c1ccc2c(c1)c(-c1cccc(Cl)c1)cc(=O)n2CC1CC1. The molecule has 1 fully saturated rings. The van der Waals surface area contributed by atoms with Gasteiger partial charge in [-0.1, -0.05) is 35.3 Å². The van der Waals surface area contributed by atoms with E-state index in [0.717, 1.165) is 34.9 Å². The van der Waals surface area contributed by atoms with Gasteiger partial charge in [-0.2, -0.15) is 0 Å². The molecule has 0 aliphatic heterocycles. The molecule has 0 bridgehead atoms. The van der Waals surface area contributed by atoms with Crippen molar-refractivity contribution in [1.29, 1.82) is 0 Å². The van der Waals surface area contributed by atoms with E-state index in [1.807, 2.05) is 34.9 Å². The van der Waals surface area contributed by atoms with Crippen molar-refractivity contribution in [3.05, 3.63) is 104 Å². The van der Waals surface area contributed by atoms with Crippen LogP contribution in [-0.4, -0.2) is 10.4 Å². The molecule has 0 radical (unpaired) electrons. The molecule has 5 rings (SSSR count). The fourth-order valence-corrected chi connectivity index (χ4v) is 4.25. The number of hydrogen-bond donors (Lipinski definition) is 0. The van der Waals surface area contributed by atoms with Gasteiger partial charge in [-0.25, -0.2) is 0 Å². The molecule has 1 aliphatic carbocycles. The van der Waals surface area contributed by atoms with Crippen LogP contribution in [0.4, 0.5) is 0 Å². The molecule has 0 atom stereocenters. The molecule has 3 nitrogen and oxygen atoms in total. The van der Waals surface area contributed by atoms with Gasteiger partial charge in [0, 0.05) is 39.2 Å². The summed E-state index contributed by atoms with van der Waals surface area (Å²) in [6.45, 7) is 0.704. The second kappa shape index (κ2) is 7.99. The summed E-state index contributed by atoms with van der Waals surface area (Å²) in [6.07, 6.45) is 2.30. The van der Waals surface area contributed by atoms with Crippen LogP contribution in [0.5, 0.6) is 0 Å². The van der Waals surface area contributed by atoms with Crippen LogP contribution < -0.4 is 5.56 Å². The van der Waals surface area contributed by atoms with Crippen molar-refractivity contribution in [3.8, 4) is 11.1 Å². The average Bonchev–Trinajstić information content (AvgIpc) is 3.59. The number of carbonyl (C=O) groups is 1. The third kappa shape index (κ3) is 4.04. The number of halogens is 2. The van der Waals surface area contributed by atoms with Crippen molar-refractivity contribution >= 4 is 39.9 Å². The van der Waals surface area contributed by atoms with Crippen LogP contribution >= 0.6 is 23.2 Å². The second-order valence-corrected chi connectivity index (χ2v) is 8.90. The van der Waals surface area contributed by atoms with E-state index in [0.29, 0.717) is 33.6 Å². The van der Waals surface area contributed by atoms with Crippen LogP contribution in [0.1, 0.15) is 28.8 Å². The van der Waals surface area contributed by atoms with Gasteiger partial charge in [-0.05, 0) is 84.5 Å². The van der Waals surface area contributed by atoms with Crippen LogP contribution in [0.15, 0.2) is 77.6 Å². The highest BCUT2D eigenvalue weighted by Gasteiger charge is 2.24. The molecule has 31 heavy (non-hydrogen) atoms. The van der Waals surface area contributed by atoms with Gasteiger partial charge in [0.05, 0.1) is 5.52 Å². The van der Waals surface area contributed by atoms with E-state index in [2.05, 4.69) is 0 Å². The maximum absolute atomic E-state index is 13.1. The summed E-state index contributed by atoms with van der Waals surface area (Å²) in [5, 5.41) is 2.05. The number of carbonyl (C=O) groups excluding carboxylic acids is 1. The Morgan fingerprint density at radius 2 is 1.61 bits per heavy atom. The van der Waals surface area contributed by atoms with Gasteiger partial charge in [-0.3, -0.25) is 9.59 Å². The summed E-state index contributed by atoms with van der Waals surface area (Å²) in [5.74, 6) is 0.462. The van der Waals surface area contributed by atoms with E-state index in [-0.39, 0.29) is 11.3 Å². The fourth-order valence-electron chi connectivity index (χ4n) is 3.94. The van der Waals surface area contributed by atoms with Gasteiger partial charge in [0.15, 0.2) is 5.78 Å². The number of rotatable bonds is 5. The van der Waals surface area contributed by atoms with Crippen molar-refractivity contribution in [1.82, 2.24) is 4.57 Å². The lowest BCUT2D eigenvalue weighted by atomic mass is 9.96. The molecule has 4 aromatic rings. The van der Waals surface area contributed by atoms with Gasteiger partial charge >= 0.3 is 0 Å². The zero-order valence-corrected chi connectivity index (χ0v) is 18.2. The van der Waals surface area contributed by atoms with Crippen LogP contribution in [0.2, 0.25) is 10.0 Å². The van der Waals surface area contributed by atoms with E-state index in [4.69, 9.17) is 23.2 Å². The number of benzene rings is 3. The Bertz CT molecular complexity index is 1370. The predicted octanol–water partition coefficient (Wildman–Crippen LogP) is 6.62. The molecule has 154 valence electrons. The molecule has 0 N–H and O–H groups in total. The molecule has 1 aliphatic rings. The van der Waals surface area contributed by atoms with E-state index in [1.165, 1.54) is 0 Å². The molecule has 0 amide bonds. The lowest BCUT2D eigenvalue weighted by Gasteiger charge is -2.15. The van der Waals surface area contributed by atoms with Gasteiger partial charge < -0.3 is 4.57 Å². The van der Waals surface area contributed by atoms with Crippen molar-refractivity contribution in [2.45, 2.75) is 19.4 Å². The number of ketones is 1. The highest BCUT2D eigenvalue weighted by molar-refractivity contribution is 6.31. The minimum Gasteiger partial charge on any atom is -0.308 e. The summed E-state index contributed by atoms with van der Waals surface area (Å²) in [5.41, 5.74) is 3.56. The Labute approximate surface area is 189 Å². The Morgan fingerprint density at radius 1 is 0.871 bits per heavy atom. The molecular weight excluding hydrogens is 429 g/mol. The van der Waals surface area contributed by atoms with Gasteiger partial charge in [-0.15, -0.1) is 0 Å². The lowest BCUT2D eigenvalue weighted by Crippen LogP contribution is -2.21. The first-order chi connectivity index (χ1) is 15.0. The van der Waals surface area contributed by atoms with Gasteiger partial charge in [0.25, 0.3) is 5.56 Å². The summed E-state index contributed by atoms with van der Waals surface area (Å²) < 4.78 is 1.83. The zero-order valence-electron chi connectivity index (χ0n) is 16.6. The number of nitrogens with zero attached hydrogens (tertiary/aromatic N) is 1. The smallest absolute Gasteiger partial charge is 0.251 e. The maximum atomic E-state index is 13.1. The first kappa shape index (κ1) is 20.0. The Hall–Kier alpha value is -2.88. The molecule has 0 spiro atoms. The van der Waals surface area contributed by atoms with Gasteiger partial charge in [0.2, 0.25) is 0 Å². The number of pyridine rings is 1. The normalized spacial score (nSPS) is 13.5. The van der Waals surface area contributed by atoms with Crippen molar-refractivity contribution in [2.24, 2.45) is 5.92 Å². The number of hydrogen-bond acceptors (Lipinski definition) is 2. The predicted molar refractivity (Wildman–Crippen MR) is 126 cm³/mol. The standard InChI is InChI=1S/C26H19Cl2NO2/c27-20-9-6-17(7-10-20)26(31)19-8-11-24-23(13-19)22(18-2-1-3-21(28)12-18)14-25(30)29(24)15-16-4-5-16/h1-3,6-14,16H,4-5,15H2. The molecule has 1 saturated carbocycles. The molecule has 0 unspecified atom stereocenters. The van der Waals surface area contributed by atoms with E-state index < -0.39 is 0 Å². The summed E-state index contributed by atoms with van der Waals surface area (Å²) in [6, 6.07) is 21.5. The Kier molecular flexibility index (Phi) is 5.17. The third-order valence-electron chi connectivity index (χ3n) is 5.75. The first-order valence-corrected chi connectivity index (χ1v) is 11.0. The largest absolute Gasteiger partial charge is 0.308 e. The number of aromatic nitrogens is 1. The molecule has 3 aromatic carbocycles. The Morgan fingerprint density at radius 3 is 2.32 bits per heavy atom. The quantitative estimate of drug-likeness (QED) is 0.322. The highest BCUT2D eigenvalue weighted by atomic mass is 35.5. The second-order valence-electron chi connectivity index (χ2n) is 8.03. The van der Waals surface area contributed by atoms with Crippen molar-refractivity contribution in [2.75, 3.05) is 0 Å². The first-order valence-electron chi connectivity index (χ1n) is 10.2. The summed E-state index contributed by atoms with van der Waals surface area (Å²) >= 11 is 12.2. The molecular formula is C26H19Cl2NO2. The van der Waals surface area contributed by atoms with Crippen LogP contribution in [0.3, 0.4) is 0 Å². The monoisotopic (exact) mass is 447 g/mol. The maximum Gasteiger partial charge on any atom is 0.251 e. The fraction of sp³-hybridized carbons (Fsp3) is 0.154. The molecule has 1 heterocycles. The van der Waals surface area contributed by atoms with Crippen molar-refractivity contribution in [3.63, 3.8) is 0 Å². The minimum atomic E-state index is -0.0875. The summed E-state index contributed by atoms with van der Waals surface area (Å²) in [4.78, 5) is 26.1. The molecule has 1 aromatic heterocycles. The van der Waals surface area contributed by atoms with Crippen LogP contribution in [-0.2, 0) is 6.54 Å². The van der Waals surface area contributed by atoms with E-state index in [9.17, 15) is 9.59 Å².